The Morgan fingerprint density at radius 1 is 1.30 bits per heavy atom. The van der Waals surface area contributed by atoms with Gasteiger partial charge in [0.1, 0.15) is 17.6 Å². The van der Waals surface area contributed by atoms with Gasteiger partial charge in [0.05, 0.1) is 12.1 Å². The van der Waals surface area contributed by atoms with Crippen molar-refractivity contribution in [2.24, 2.45) is 11.5 Å². The number of furan rings is 1. The lowest BCUT2D eigenvalue weighted by Gasteiger charge is -2.34. The number of hydrogen-bond donors (Lipinski definition) is 3. The molecule has 5 N–H and O–H groups in total. The summed E-state index contributed by atoms with van der Waals surface area (Å²) in [5.41, 5.74) is 10.3. The second kappa shape index (κ2) is 6.76. The van der Waals surface area contributed by atoms with E-state index in [0.717, 1.165) is 19.3 Å². The van der Waals surface area contributed by atoms with E-state index in [1.54, 1.807) is 6.07 Å². The number of rotatable bonds is 4. The molecule has 20 heavy (non-hydrogen) atoms. The number of primary amides is 1. The molecule has 0 bridgehead atoms. The highest BCUT2D eigenvalue weighted by Gasteiger charge is 2.39. The Bertz CT molecular complexity index is 481. The SMILES string of the molecule is Cl.NCc1cc(C(=O)NC2(C(N)=O)CCCCC2)co1. The first-order valence-electron chi connectivity index (χ1n) is 6.47. The minimum atomic E-state index is -0.921. The molecule has 0 aliphatic heterocycles. The standard InChI is InChI=1S/C13H19N3O3.ClH/c14-7-10-6-9(8-19-10)11(17)16-13(12(15)18)4-2-1-3-5-13;/h6,8H,1-5,7,14H2,(H2,15,18)(H,16,17);1H. The van der Waals surface area contributed by atoms with Gasteiger partial charge in [0.15, 0.2) is 0 Å². The van der Waals surface area contributed by atoms with Gasteiger partial charge < -0.3 is 21.2 Å². The zero-order chi connectivity index (χ0) is 13.9. The van der Waals surface area contributed by atoms with E-state index in [1.165, 1.54) is 6.26 Å². The zero-order valence-corrected chi connectivity index (χ0v) is 12.0. The molecule has 112 valence electrons. The van der Waals surface area contributed by atoms with E-state index in [9.17, 15) is 9.59 Å². The zero-order valence-electron chi connectivity index (χ0n) is 11.2. The van der Waals surface area contributed by atoms with Gasteiger partial charge in [-0.05, 0) is 18.9 Å². The van der Waals surface area contributed by atoms with E-state index < -0.39 is 11.4 Å². The second-order valence-corrected chi connectivity index (χ2v) is 4.97. The minimum absolute atomic E-state index is 0. The molecule has 1 aliphatic carbocycles. The molecule has 2 rings (SSSR count). The molecule has 1 aliphatic rings. The third-order valence-electron chi connectivity index (χ3n) is 3.65. The highest BCUT2D eigenvalue weighted by molar-refractivity contribution is 5.98. The Hall–Kier alpha value is -1.53. The van der Waals surface area contributed by atoms with Crippen LogP contribution in [0, 0.1) is 0 Å². The number of carbonyl (C=O) groups is 2. The maximum absolute atomic E-state index is 12.1. The molecule has 2 amide bonds. The van der Waals surface area contributed by atoms with Crippen LogP contribution < -0.4 is 16.8 Å². The summed E-state index contributed by atoms with van der Waals surface area (Å²) in [5.74, 6) is -0.283. The number of nitrogens with one attached hydrogen (secondary N) is 1. The van der Waals surface area contributed by atoms with Crippen molar-refractivity contribution >= 4 is 24.2 Å². The first-order chi connectivity index (χ1) is 9.07. The number of amides is 2. The molecular weight excluding hydrogens is 282 g/mol. The van der Waals surface area contributed by atoms with Gasteiger partial charge in [-0.3, -0.25) is 9.59 Å². The van der Waals surface area contributed by atoms with Crippen molar-refractivity contribution in [1.29, 1.82) is 0 Å². The third-order valence-corrected chi connectivity index (χ3v) is 3.65. The molecule has 7 heteroatoms. The Morgan fingerprint density at radius 2 is 1.95 bits per heavy atom. The van der Waals surface area contributed by atoms with E-state index in [4.69, 9.17) is 15.9 Å². The first-order valence-corrected chi connectivity index (χ1v) is 6.47. The average Bonchev–Trinajstić information content (AvgIpc) is 2.88. The molecule has 0 atom stereocenters. The van der Waals surface area contributed by atoms with Crippen LogP contribution in [0.1, 0.15) is 48.2 Å². The van der Waals surface area contributed by atoms with Crippen molar-refractivity contribution in [3.05, 3.63) is 23.7 Å². The van der Waals surface area contributed by atoms with Crippen LogP contribution in [0.4, 0.5) is 0 Å². The molecule has 0 unspecified atom stereocenters. The maximum Gasteiger partial charge on any atom is 0.255 e. The predicted molar refractivity (Wildman–Crippen MR) is 76.3 cm³/mol. The van der Waals surface area contributed by atoms with Crippen LogP contribution in [0.5, 0.6) is 0 Å². The lowest BCUT2D eigenvalue weighted by atomic mass is 9.81. The summed E-state index contributed by atoms with van der Waals surface area (Å²) in [5, 5.41) is 2.77. The largest absolute Gasteiger partial charge is 0.467 e. The van der Waals surface area contributed by atoms with E-state index in [1.807, 2.05) is 0 Å². The van der Waals surface area contributed by atoms with Gasteiger partial charge >= 0.3 is 0 Å². The number of hydrogen-bond acceptors (Lipinski definition) is 4. The van der Waals surface area contributed by atoms with Gasteiger partial charge in [-0.1, -0.05) is 19.3 Å². The molecule has 0 aromatic carbocycles. The van der Waals surface area contributed by atoms with Gasteiger partial charge in [-0.15, -0.1) is 12.4 Å². The number of carbonyl (C=O) groups excluding carboxylic acids is 2. The molecule has 1 aromatic heterocycles. The molecular formula is C13H20ClN3O3. The summed E-state index contributed by atoms with van der Waals surface area (Å²) in [6, 6.07) is 1.58. The van der Waals surface area contributed by atoms with Gasteiger partial charge in [0.2, 0.25) is 5.91 Å². The van der Waals surface area contributed by atoms with E-state index in [2.05, 4.69) is 5.32 Å². The number of halogens is 1. The Labute approximate surface area is 123 Å². The van der Waals surface area contributed by atoms with Crippen LogP contribution >= 0.6 is 12.4 Å². The van der Waals surface area contributed by atoms with Crippen molar-refractivity contribution < 1.29 is 14.0 Å². The molecule has 0 saturated heterocycles. The lowest BCUT2D eigenvalue weighted by molar-refractivity contribution is -0.125. The minimum Gasteiger partial charge on any atom is -0.467 e. The van der Waals surface area contributed by atoms with Crippen molar-refractivity contribution in [2.75, 3.05) is 0 Å². The van der Waals surface area contributed by atoms with Gasteiger partial charge in [0, 0.05) is 0 Å². The van der Waals surface area contributed by atoms with E-state index in [-0.39, 0.29) is 24.9 Å². The van der Waals surface area contributed by atoms with Gasteiger partial charge in [0.25, 0.3) is 5.91 Å². The highest BCUT2D eigenvalue weighted by Crippen LogP contribution is 2.28. The van der Waals surface area contributed by atoms with Crippen LogP contribution in [0.2, 0.25) is 0 Å². The van der Waals surface area contributed by atoms with Crippen molar-refractivity contribution in [3.63, 3.8) is 0 Å². The van der Waals surface area contributed by atoms with Gasteiger partial charge in [-0.2, -0.15) is 0 Å². The van der Waals surface area contributed by atoms with Crippen LogP contribution in [0.25, 0.3) is 0 Å². The monoisotopic (exact) mass is 301 g/mol. The molecule has 1 heterocycles. The molecule has 1 fully saturated rings. The molecule has 1 aromatic rings. The van der Waals surface area contributed by atoms with Crippen LogP contribution in [-0.4, -0.2) is 17.4 Å². The topological polar surface area (TPSA) is 111 Å². The maximum atomic E-state index is 12.1. The predicted octanol–water partition coefficient (Wildman–Crippen LogP) is 1.08. The summed E-state index contributed by atoms with van der Waals surface area (Å²) in [6.07, 6.45) is 5.37. The number of nitrogens with two attached hydrogens (primary N) is 2. The second-order valence-electron chi connectivity index (χ2n) is 4.97. The summed E-state index contributed by atoms with van der Waals surface area (Å²) in [6.45, 7) is 0.230. The smallest absolute Gasteiger partial charge is 0.255 e. The normalized spacial score (nSPS) is 17.1. The summed E-state index contributed by atoms with van der Waals surface area (Å²) in [4.78, 5) is 23.8. The summed E-state index contributed by atoms with van der Waals surface area (Å²) < 4.78 is 5.12. The molecule has 0 radical (unpaired) electrons. The fourth-order valence-electron chi connectivity index (χ4n) is 2.48. The van der Waals surface area contributed by atoms with Crippen molar-refractivity contribution in [2.45, 2.75) is 44.2 Å². The average molecular weight is 302 g/mol. The Kier molecular flexibility index (Phi) is 5.59. The van der Waals surface area contributed by atoms with Crippen LogP contribution in [-0.2, 0) is 11.3 Å². The quantitative estimate of drug-likeness (QED) is 0.772. The lowest BCUT2D eigenvalue weighted by Crippen LogP contribution is -2.58. The summed E-state index contributed by atoms with van der Waals surface area (Å²) in [7, 11) is 0. The van der Waals surface area contributed by atoms with Crippen LogP contribution in [0.3, 0.4) is 0 Å². The fraction of sp³-hybridized carbons (Fsp3) is 0.538. The van der Waals surface area contributed by atoms with E-state index >= 15 is 0 Å². The fourth-order valence-corrected chi connectivity index (χ4v) is 2.48. The molecule has 0 spiro atoms. The Morgan fingerprint density at radius 3 is 2.45 bits per heavy atom. The molecule has 6 nitrogen and oxygen atoms in total. The summed E-state index contributed by atoms with van der Waals surface area (Å²) >= 11 is 0. The van der Waals surface area contributed by atoms with Crippen molar-refractivity contribution in [1.82, 2.24) is 5.32 Å². The van der Waals surface area contributed by atoms with Gasteiger partial charge in [-0.25, -0.2) is 0 Å². The van der Waals surface area contributed by atoms with Crippen LogP contribution in [0.15, 0.2) is 16.7 Å². The van der Waals surface area contributed by atoms with E-state index in [0.29, 0.717) is 24.2 Å². The highest BCUT2D eigenvalue weighted by atomic mass is 35.5. The third kappa shape index (κ3) is 3.32. The van der Waals surface area contributed by atoms with Crippen molar-refractivity contribution in [3.8, 4) is 0 Å². The molecule has 1 saturated carbocycles. The first kappa shape index (κ1) is 16.5. The Balaban J connectivity index is 0.00000200.